The maximum Gasteiger partial charge on any atom is 0.0703 e. The molecule has 0 aromatic rings. The van der Waals surface area contributed by atoms with Gasteiger partial charge in [0.2, 0.25) is 0 Å². The van der Waals surface area contributed by atoms with Crippen molar-refractivity contribution in [1.29, 1.82) is 0 Å². The largest absolute Gasteiger partial charge is 0.396 e. The number of hydrogen-bond acceptors (Lipinski definition) is 2. The van der Waals surface area contributed by atoms with Gasteiger partial charge in [-0.05, 0) is 17.8 Å². The van der Waals surface area contributed by atoms with Crippen molar-refractivity contribution < 1.29 is 10.2 Å². The van der Waals surface area contributed by atoms with Crippen molar-refractivity contribution in [3.63, 3.8) is 0 Å². The molecule has 1 rings (SSSR count). The predicted octanol–water partition coefficient (Wildman–Crippen LogP) is 0.200. The molecule has 0 aromatic carbocycles. The van der Waals surface area contributed by atoms with Crippen LogP contribution in [0.5, 0.6) is 0 Å². The SMILES string of the molecule is [B][C@H]1C[C@H](CO)[C@@H](CO)C1C. The van der Waals surface area contributed by atoms with Crippen LogP contribution in [-0.4, -0.2) is 31.3 Å². The molecule has 3 heteroatoms. The molecule has 0 aromatic heterocycles. The molecule has 1 unspecified atom stereocenters. The lowest BCUT2D eigenvalue weighted by Gasteiger charge is -2.18. The van der Waals surface area contributed by atoms with Crippen LogP contribution in [0.2, 0.25) is 5.82 Å². The second-order valence-corrected chi connectivity index (χ2v) is 3.55. The van der Waals surface area contributed by atoms with Gasteiger partial charge in [0.15, 0.2) is 0 Å². The van der Waals surface area contributed by atoms with Crippen LogP contribution in [0.1, 0.15) is 13.3 Å². The summed E-state index contributed by atoms with van der Waals surface area (Å²) in [7, 11) is 5.79. The third-order valence-corrected chi connectivity index (χ3v) is 2.98. The molecule has 62 valence electrons. The van der Waals surface area contributed by atoms with Crippen molar-refractivity contribution in [2.75, 3.05) is 13.2 Å². The van der Waals surface area contributed by atoms with E-state index in [1.807, 2.05) is 6.92 Å². The molecule has 2 N–H and O–H groups in total. The van der Waals surface area contributed by atoms with E-state index in [1.54, 1.807) is 0 Å². The van der Waals surface area contributed by atoms with Crippen LogP contribution < -0.4 is 0 Å². The molecule has 4 atom stereocenters. The minimum Gasteiger partial charge on any atom is -0.396 e. The second kappa shape index (κ2) is 3.59. The first-order valence-electron chi connectivity index (χ1n) is 4.18. The molecule has 0 bridgehead atoms. The Kier molecular flexibility index (Phi) is 2.96. The first-order chi connectivity index (χ1) is 5.20. The number of hydrogen-bond donors (Lipinski definition) is 2. The highest BCUT2D eigenvalue weighted by atomic mass is 16.3. The van der Waals surface area contributed by atoms with Gasteiger partial charge in [-0.2, -0.15) is 0 Å². The molecule has 2 nitrogen and oxygen atoms in total. The zero-order valence-electron chi connectivity index (χ0n) is 6.90. The lowest BCUT2D eigenvalue weighted by molar-refractivity contribution is 0.122. The normalized spacial score (nSPS) is 44.6. The van der Waals surface area contributed by atoms with E-state index in [9.17, 15) is 0 Å². The molecular formula is C8H15BO2. The van der Waals surface area contributed by atoms with Crippen LogP contribution in [0, 0.1) is 17.8 Å². The molecule has 1 fully saturated rings. The van der Waals surface area contributed by atoms with Crippen LogP contribution in [-0.2, 0) is 0 Å². The predicted molar refractivity (Wildman–Crippen MR) is 44.4 cm³/mol. The summed E-state index contributed by atoms with van der Waals surface area (Å²) in [5.41, 5.74) is 0. The van der Waals surface area contributed by atoms with Gasteiger partial charge >= 0.3 is 0 Å². The van der Waals surface area contributed by atoms with Crippen LogP contribution >= 0.6 is 0 Å². The van der Waals surface area contributed by atoms with Crippen LogP contribution in [0.3, 0.4) is 0 Å². The standard InChI is InChI=1S/C8H15BO2/c1-5-7(4-11)6(3-10)2-8(5)9/h5-8,10-11H,2-4H2,1H3/t5?,6-,7+,8+/m1/s1. The van der Waals surface area contributed by atoms with Gasteiger partial charge in [-0.25, -0.2) is 0 Å². The highest BCUT2D eigenvalue weighted by Crippen LogP contribution is 2.42. The Bertz CT molecular complexity index is 129. The van der Waals surface area contributed by atoms with Gasteiger partial charge in [0.1, 0.15) is 0 Å². The molecule has 1 saturated carbocycles. The smallest absolute Gasteiger partial charge is 0.0703 e. The van der Waals surface area contributed by atoms with E-state index in [4.69, 9.17) is 18.1 Å². The number of aliphatic hydroxyl groups excluding tert-OH is 2. The Hall–Kier alpha value is -0.0151. The molecule has 0 saturated heterocycles. The average molecular weight is 154 g/mol. The van der Waals surface area contributed by atoms with Gasteiger partial charge in [-0.15, -0.1) is 0 Å². The average Bonchev–Trinajstić information content (AvgIpc) is 2.28. The van der Waals surface area contributed by atoms with Gasteiger partial charge < -0.3 is 10.2 Å². The summed E-state index contributed by atoms with van der Waals surface area (Å²) in [5.74, 6) is 0.918. The molecule has 1 aliphatic carbocycles. The van der Waals surface area contributed by atoms with E-state index in [0.29, 0.717) is 5.92 Å². The Balaban J connectivity index is 2.57. The first kappa shape index (κ1) is 9.08. The first-order valence-corrected chi connectivity index (χ1v) is 4.18. The molecular weight excluding hydrogens is 139 g/mol. The molecule has 0 spiro atoms. The molecule has 1 aliphatic rings. The Labute approximate surface area is 69.0 Å². The fraction of sp³-hybridized carbons (Fsp3) is 1.00. The lowest BCUT2D eigenvalue weighted by atomic mass is 9.78. The number of rotatable bonds is 2. The summed E-state index contributed by atoms with van der Waals surface area (Å²) in [5, 5.41) is 17.9. The fourth-order valence-corrected chi connectivity index (χ4v) is 2.01. The summed E-state index contributed by atoms with van der Waals surface area (Å²) in [6, 6.07) is 0. The van der Waals surface area contributed by atoms with Crippen molar-refractivity contribution in [3.05, 3.63) is 0 Å². The van der Waals surface area contributed by atoms with Crippen molar-refractivity contribution in [2.45, 2.75) is 19.2 Å². The highest BCUT2D eigenvalue weighted by Gasteiger charge is 2.36. The topological polar surface area (TPSA) is 40.5 Å². The van der Waals surface area contributed by atoms with Crippen LogP contribution in [0.25, 0.3) is 0 Å². The minimum absolute atomic E-state index is 0.153. The van der Waals surface area contributed by atoms with E-state index in [0.717, 1.165) is 6.42 Å². The van der Waals surface area contributed by atoms with E-state index in [1.165, 1.54) is 0 Å². The van der Waals surface area contributed by atoms with Gasteiger partial charge in [0.05, 0.1) is 7.85 Å². The van der Waals surface area contributed by atoms with Gasteiger partial charge in [0, 0.05) is 13.2 Å². The van der Waals surface area contributed by atoms with Crippen molar-refractivity contribution in [3.8, 4) is 0 Å². The van der Waals surface area contributed by atoms with E-state index in [2.05, 4.69) is 0 Å². The monoisotopic (exact) mass is 154 g/mol. The molecule has 0 amide bonds. The minimum atomic E-state index is 0.153. The third-order valence-electron chi connectivity index (χ3n) is 2.98. The summed E-state index contributed by atoms with van der Waals surface area (Å²) in [4.78, 5) is 0. The van der Waals surface area contributed by atoms with Gasteiger partial charge in [-0.3, -0.25) is 0 Å². The van der Waals surface area contributed by atoms with Crippen molar-refractivity contribution in [2.24, 2.45) is 17.8 Å². The molecule has 2 radical (unpaired) electrons. The molecule has 0 heterocycles. The fourth-order valence-electron chi connectivity index (χ4n) is 2.01. The summed E-state index contributed by atoms with van der Waals surface area (Å²) < 4.78 is 0. The van der Waals surface area contributed by atoms with Crippen LogP contribution in [0.4, 0.5) is 0 Å². The van der Waals surface area contributed by atoms with Crippen molar-refractivity contribution in [1.82, 2.24) is 0 Å². The quantitative estimate of drug-likeness (QED) is 0.557. The third kappa shape index (κ3) is 1.59. The van der Waals surface area contributed by atoms with Gasteiger partial charge in [-0.1, -0.05) is 19.2 Å². The Morgan fingerprint density at radius 2 is 2.00 bits per heavy atom. The van der Waals surface area contributed by atoms with E-state index < -0.39 is 0 Å². The van der Waals surface area contributed by atoms with Crippen molar-refractivity contribution >= 4 is 7.85 Å². The second-order valence-electron chi connectivity index (χ2n) is 3.55. The Morgan fingerprint density at radius 3 is 2.36 bits per heavy atom. The summed E-state index contributed by atoms with van der Waals surface area (Å²) in [6.45, 7) is 2.35. The lowest BCUT2D eigenvalue weighted by Crippen LogP contribution is -2.20. The highest BCUT2D eigenvalue weighted by molar-refractivity contribution is 6.12. The van der Waals surface area contributed by atoms with Crippen LogP contribution in [0.15, 0.2) is 0 Å². The Morgan fingerprint density at radius 1 is 1.36 bits per heavy atom. The maximum absolute atomic E-state index is 8.99. The molecule has 0 aliphatic heterocycles. The van der Waals surface area contributed by atoms with E-state index in [-0.39, 0.29) is 30.9 Å². The zero-order chi connectivity index (χ0) is 8.43. The maximum atomic E-state index is 8.99. The zero-order valence-corrected chi connectivity index (χ0v) is 6.90. The van der Waals surface area contributed by atoms with Gasteiger partial charge in [0.25, 0.3) is 0 Å². The summed E-state index contributed by atoms with van der Waals surface area (Å²) in [6.07, 6.45) is 0.850. The number of aliphatic hydroxyl groups is 2. The van der Waals surface area contributed by atoms with E-state index >= 15 is 0 Å². The molecule has 11 heavy (non-hydrogen) atoms. The summed E-state index contributed by atoms with van der Waals surface area (Å²) >= 11 is 0.